The fraction of sp³-hybridized carbons (Fsp3) is 0.533. The van der Waals surface area contributed by atoms with Crippen LogP contribution in [0.1, 0.15) is 24.8 Å². The fourth-order valence-electron chi connectivity index (χ4n) is 3.63. The second-order valence-electron chi connectivity index (χ2n) is 5.78. The molecule has 0 spiro atoms. The highest BCUT2D eigenvalue weighted by Gasteiger charge is 2.48. The first-order valence-electron chi connectivity index (χ1n) is 6.93. The molecule has 1 aromatic rings. The van der Waals surface area contributed by atoms with E-state index in [9.17, 15) is 9.18 Å². The number of nitrogens with one attached hydrogen (secondary N) is 1. The summed E-state index contributed by atoms with van der Waals surface area (Å²) in [5.74, 6) is 0.771. The van der Waals surface area contributed by atoms with Crippen LogP contribution in [-0.2, 0) is 11.3 Å². The van der Waals surface area contributed by atoms with Crippen LogP contribution in [0.5, 0.6) is 0 Å². The Morgan fingerprint density at radius 1 is 1.25 bits per heavy atom. The Morgan fingerprint density at radius 2 is 1.90 bits per heavy atom. The van der Waals surface area contributed by atoms with Crippen molar-refractivity contribution in [2.45, 2.75) is 31.8 Å². The van der Waals surface area contributed by atoms with Crippen LogP contribution < -0.4 is 11.1 Å². The van der Waals surface area contributed by atoms with Crippen molar-refractivity contribution in [1.82, 2.24) is 5.32 Å². The van der Waals surface area contributed by atoms with Crippen molar-refractivity contribution in [2.75, 3.05) is 0 Å². The van der Waals surface area contributed by atoms with Crippen LogP contribution in [0.25, 0.3) is 0 Å². The lowest BCUT2D eigenvalue weighted by atomic mass is 9.84. The van der Waals surface area contributed by atoms with Gasteiger partial charge in [0.15, 0.2) is 0 Å². The number of rotatable bonds is 3. The van der Waals surface area contributed by atoms with Crippen LogP contribution in [0.3, 0.4) is 0 Å². The van der Waals surface area contributed by atoms with Crippen molar-refractivity contribution in [1.29, 1.82) is 0 Å². The normalized spacial score (nSPS) is 30.9. The molecule has 2 aliphatic carbocycles. The van der Waals surface area contributed by atoms with Crippen molar-refractivity contribution in [3.8, 4) is 0 Å². The predicted octanol–water partition coefficient (Wildman–Crippen LogP) is 2.24. The van der Waals surface area contributed by atoms with Gasteiger partial charge in [0.05, 0.1) is 5.92 Å². The Labute approximate surface area is 124 Å². The molecule has 5 heteroatoms. The number of hydrogen-bond acceptors (Lipinski definition) is 2. The van der Waals surface area contributed by atoms with E-state index in [1.807, 2.05) is 0 Å². The first kappa shape index (κ1) is 15.3. The van der Waals surface area contributed by atoms with Crippen molar-refractivity contribution in [2.24, 2.45) is 23.5 Å². The Hall–Kier alpha value is -1.13. The zero-order valence-electron chi connectivity index (χ0n) is 11.2. The number of carbonyl (C=O) groups is 1. The van der Waals surface area contributed by atoms with Crippen molar-refractivity contribution >= 4 is 18.3 Å². The molecule has 4 unspecified atom stereocenters. The maximum Gasteiger partial charge on any atom is 0.225 e. The quantitative estimate of drug-likeness (QED) is 0.899. The average molecular weight is 299 g/mol. The standard InChI is InChI=1S/C15H19FN2O.ClH/c16-12-5-1-9(2-6-12)8-18-15(19)13-10-3-4-11(7-10)14(13)17;/h1-2,5-6,10-11,13-14H,3-4,7-8,17H2,(H,18,19);1H. The van der Waals surface area contributed by atoms with E-state index in [1.54, 1.807) is 12.1 Å². The first-order valence-corrected chi connectivity index (χ1v) is 6.93. The Kier molecular flexibility index (Phi) is 4.66. The fourth-order valence-corrected chi connectivity index (χ4v) is 3.63. The molecule has 2 bridgehead atoms. The van der Waals surface area contributed by atoms with E-state index in [2.05, 4.69) is 5.32 Å². The van der Waals surface area contributed by atoms with Crippen molar-refractivity contribution in [3.05, 3.63) is 35.6 Å². The van der Waals surface area contributed by atoms with Gasteiger partial charge in [-0.25, -0.2) is 4.39 Å². The Morgan fingerprint density at radius 3 is 2.50 bits per heavy atom. The smallest absolute Gasteiger partial charge is 0.225 e. The lowest BCUT2D eigenvalue weighted by Crippen LogP contribution is -2.45. The highest BCUT2D eigenvalue weighted by atomic mass is 35.5. The van der Waals surface area contributed by atoms with Crippen LogP contribution in [-0.4, -0.2) is 11.9 Å². The maximum atomic E-state index is 12.8. The molecule has 0 heterocycles. The number of amides is 1. The predicted molar refractivity (Wildman–Crippen MR) is 77.8 cm³/mol. The van der Waals surface area contributed by atoms with Gasteiger partial charge >= 0.3 is 0 Å². The third kappa shape index (κ3) is 2.81. The molecular formula is C15H20ClFN2O. The van der Waals surface area contributed by atoms with Crippen LogP contribution in [0, 0.1) is 23.6 Å². The first-order chi connectivity index (χ1) is 9.15. The molecular weight excluding hydrogens is 279 g/mol. The van der Waals surface area contributed by atoms with Crippen LogP contribution in [0.4, 0.5) is 4.39 Å². The Balaban J connectivity index is 0.00000147. The van der Waals surface area contributed by atoms with E-state index in [4.69, 9.17) is 5.73 Å². The summed E-state index contributed by atoms with van der Waals surface area (Å²) >= 11 is 0. The zero-order chi connectivity index (χ0) is 13.4. The molecule has 0 radical (unpaired) electrons. The molecule has 2 saturated carbocycles. The van der Waals surface area contributed by atoms with E-state index in [0.717, 1.165) is 18.4 Å². The van der Waals surface area contributed by atoms with Crippen LogP contribution >= 0.6 is 12.4 Å². The van der Waals surface area contributed by atoms with Gasteiger partial charge in [-0.3, -0.25) is 4.79 Å². The van der Waals surface area contributed by atoms with Gasteiger partial charge in [-0.05, 0) is 48.8 Å². The molecule has 0 saturated heterocycles. The second kappa shape index (κ2) is 6.10. The molecule has 2 aliphatic rings. The molecule has 3 rings (SSSR count). The van der Waals surface area contributed by atoms with Crippen LogP contribution in [0.15, 0.2) is 24.3 Å². The maximum absolute atomic E-state index is 12.8. The summed E-state index contributed by atoms with van der Waals surface area (Å²) in [6.07, 6.45) is 3.41. The lowest BCUT2D eigenvalue weighted by Gasteiger charge is -2.27. The van der Waals surface area contributed by atoms with Gasteiger partial charge in [-0.2, -0.15) is 0 Å². The van der Waals surface area contributed by atoms with Gasteiger partial charge < -0.3 is 11.1 Å². The minimum absolute atomic E-state index is 0. The van der Waals surface area contributed by atoms with Gasteiger partial charge in [0, 0.05) is 12.6 Å². The van der Waals surface area contributed by atoms with Gasteiger partial charge in [0.1, 0.15) is 5.82 Å². The summed E-state index contributed by atoms with van der Waals surface area (Å²) in [4.78, 5) is 12.2. The van der Waals surface area contributed by atoms with E-state index >= 15 is 0 Å². The minimum Gasteiger partial charge on any atom is -0.352 e. The third-order valence-corrected chi connectivity index (χ3v) is 4.66. The molecule has 4 atom stereocenters. The van der Waals surface area contributed by atoms with Gasteiger partial charge in [-0.15, -0.1) is 12.4 Å². The van der Waals surface area contributed by atoms with Gasteiger partial charge in [0.25, 0.3) is 0 Å². The minimum atomic E-state index is -0.259. The number of fused-ring (bicyclic) bond motifs is 2. The molecule has 1 aromatic carbocycles. The number of carbonyl (C=O) groups excluding carboxylic acids is 1. The topological polar surface area (TPSA) is 55.1 Å². The van der Waals surface area contributed by atoms with E-state index in [0.29, 0.717) is 18.4 Å². The summed E-state index contributed by atoms with van der Waals surface area (Å²) in [6.45, 7) is 0.444. The Bertz CT molecular complexity index is 477. The average Bonchev–Trinajstić information content (AvgIpc) is 2.98. The second-order valence-corrected chi connectivity index (χ2v) is 5.78. The molecule has 1 amide bonds. The van der Waals surface area contributed by atoms with Crippen molar-refractivity contribution in [3.63, 3.8) is 0 Å². The third-order valence-electron chi connectivity index (χ3n) is 4.66. The number of hydrogen-bond donors (Lipinski definition) is 2. The van der Waals surface area contributed by atoms with Crippen molar-refractivity contribution < 1.29 is 9.18 Å². The molecule has 3 nitrogen and oxygen atoms in total. The summed E-state index contributed by atoms with van der Waals surface area (Å²) < 4.78 is 12.8. The largest absolute Gasteiger partial charge is 0.352 e. The highest BCUT2D eigenvalue weighted by Crippen LogP contribution is 2.47. The summed E-state index contributed by atoms with van der Waals surface area (Å²) in [7, 11) is 0. The molecule has 0 aliphatic heterocycles. The number of benzene rings is 1. The molecule has 2 fully saturated rings. The lowest BCUT2D eigenvalue weighted by molar-refractivity contribution is -0.127. The van der Waals surface area contributed by atoms with E-state index in [-0.39, 0.29) is 36.1 Å². The molecule has 20 heavy (non-hydrogen) atoms. The molecule has 3 N–H and O–H groups in total. The van der Waals surface area contributed by atoms with Gasteiger partial charge in [-0.1, -0.05) is 12.1 Å². The summed E-state index contributed by atoms with van der Waals surface area (Å²) in [5, 5.41) is 2.93. The van der Waals surface area contributed by atoms with Crippen LogP contribution in [0.2, 0.25) is 0 Å². The van der Waals surface area contributed by atoms with E-state index in [1.165, 1.54) is 18.6 Å². The summed E-state index contributed by atoms with van der Waals surface area (Å²) in [5.41, 5.74) is 7.05. The van der Waals surface area contributed by atoms with Gasteiger partial charge in [0.2, 0.25) is 5.91 Å². The highest BCUT2D eigenvalue weighted by molar-refractivity contribution is 5.85. The number of nitrogens with two attached hydrogens (primary N) is 1. The monoisotopic (exact) mass is 298 g/mol. The number of halogens is 2. The molecule has 110 valence electrons. The zero-order valence-corrected chi connectivity index (χ0v) is 12.0. The van der Waals surface area contributed by atoms with E-state index < -0.39 is 0 Å². The summed E-state index contributed by atoms with van der Waals surface area (Å²) in [6, 6.07) is 6.22. The molecule has 0 aromatic heterocycles. The SMILES string of the molecule is Cl.NC1C2CCC(C2)C1C(=O)NCc1ccc(F)cc1.